The first kappa shape index (κ1) is 19.4. The highest BCUT2D eigenvalue weighted by Crippen LogP contribution is 2.31. The Morgan fingerprint density at radius 1 is 1.40 bits per heavy atom. The highest BCUT2D eigenvalue weighted by atomic mass is 35.5. The second-order valence-corrected chi connectivity index (χ2v) is 7.39. The number of hydrogen-bond donors (Lipinski definition) is 1. The quantitative estimate of drug-likeness (QED) is 0.806. The molecule has 1 aromatic rings. The molecule has 0 spiro atoms. The van der Waals surface area contributed by atoms with Gasteiger partial charge in [0.15, 0.2) is 0 Å². The molecule has 25 heavy (non-hydrogen) atoms. The Labute approximate surface area is 153 Å². The topological polar surface area (TPSA) is 93.4 Å². The minimum absolute atomic E-state index is 0.0339. The van der Waals surface area contributed by atoms with Crippen molar-refractivity contribution < 1.29 is 9.90 Å². The average molecular weight is 366 g/mol. The van der Waals surface area contributed by atoms with Gasteiger partial charge in [-0.2, -0.15) is 5.26 Å². The van der Waals surface area contributed by atoms with E-state index in [1.54, 1.807) is 0 Å². The third kappa shape index (κ3) is 4.59. The monoisotopic (exact) mass is 365 g/mol. The molecule has 1 saturated heterocycles. The minimum Gasteiger partial charge on any atom is -0.465 e. The van der Waals surface area contributed by atoms with Crippen molar-refractivity contribution in [3.8, 4) is 6.07 Å². The molecule has 2 rings (SSSR count). The van der Waals surface area contributed by atoms with Crippen molar-refractivity contribution in [3.63, 3.8) is 0 Å². The molecule has 0 bridgehead atoms. The lowest BCUT2D eigenvalue weighted by Crippen LogP contribution is -2.56. The fourth-order valence-electron chi connectivity index (χ4n) is 3.30. The molecule has 0 radical (unpaired) electrons. The summed E-state index contributed by atoms with van der Waals surface area (Å²) in [5.41, 5.74) is 1.49. The lowest BCUT2D eigenvalue weighted by molar-refractivity contribution is 0.0509. The zero-order valence-electron chi connectivity index (χ0n) is 14.9. The number of aromatic nitrogens is 2. The summed E-state index contributed by atoms with van der Waals surface area (Å²) >= 11 is 6.28. The summed E-state index contributed by atoms with van der Waals surface area (Å²) in [5.74, 6) is -0.0339. The summed E-state index contributed by atoms with van der Waals surface area (Å²) in [7, 11) is 0. The van der Waals surface area contributed by atoms with Crippen LogP contribution in [-0.4, -0.2) is 62.7 Å². The molecule has 0 aliphatic carbocycles. The molecule has 1 unspecified atom stereocenters. The van der Waals surface area contributed by atoms with Crippen LogP contribution in [0, 0.1) is 11.3 Å². The van der Waals surface area contributed by atoms with Crippen LogP contribution in [0.15, 0.2) is 6.33 Å². The number of piperazine rings is 1. The van der Waals surface area contributed by atoms with Crippen LogP contribution in [0.3, 0.4) is 0 Å². The number of carbonyl (C=O) groups is 1. The number of hydrogen-bond acceptors (Lipinski definition) is 5. The van der Waals surface area contributed by atoms with Crippen LogP contribution in [0.25, 0.3) is 0 Å². The van der Waals surface area contributed by atoms with Crippen molar-refractivity contribution in [2.75, 3.05) is 26.2 Å². The predicted molar refractivity (Wildman–Crippen MR) is 94.6 cm³/mol. The maximum Gasteiger partial charge on any atom is 0.407 e. The predicted octanol–water partition coefficient (Wildman–Crippen LogP) is 2.76. The number of amides is 1. The number of nitriles is 1. The highest BCUT2D eigenvalue weighted by molar-refractivity contribution is 6.30. The average Bonchev–Trinajstić information content (AvgIpc) is 2.55. The number of halogens is 1. The van der Waals surface area contributed by atoms with Crippen LogP contribution in [-0.2, 0) is 6.42 Å². The summed E-state index contributed by atoms with van der Waals surface area (Å²) in [6.07, 6.45) is 1.61. The molecule has 1 aliphatic rings. The lowest BCUT2D eigenvalue weighted by atomic mass is 9.89. The molecule has 136 valence electrons. The fraction of sp³-hybridized carbons (Fsp3) is 0.647. The number of carboxylic acid groups (broad SMARTS) is 1. The maximum atomic E-state index is 11.1. The molecule has 7 nitrogen and oxygen atoms in total. The first-order chi connectivity index (χ1) is 11.8. The zero-order chi connectivity index (χ0) is 18.6. The van der Waals surface area contributed by atoms with Gasteiger partial charge in [0, 0.05) is 50.1 Å². The Hall–Kier alpha value is -1.91. The van der Waals surface area contributed by atoms with Gasteiger partial charge in [-0.3, -0.25) is 4.90 Å². The number of nitrogens with zero attached hydrogens (tertiary/aromatic N) is 5. The zero-order valence-corrected chi connectivity index (χ0v) is 15.6. The van der Waals surface area contributed by atoms with E-state index in [0.717, 1.165) is 11.3 Å². The van der Waals surface area contributed by atoms with E-state index >= 15 is 0 Å². The minimum atomic E-state index is -0.868. The Morgan fingerprint density at radius 2 is 2.04 bits per heavy atom. The fourth-order valence-corrected chi connectivity index (χ4v) is 3.64. The molecule has 1 aliphatic heterocycles. The van der Waals surface area contributed by atoms with Crippen molar-refractivity contribution in [3.05, 3.63) is 22.7 Å². The second-order valence-electron chi connectivity index (χ2n) is 7.03. The van der Waals surface area contributed by atoms with E-state index in [2.05, 4.69) is 34.8 Å². The molecular weight excluding hydrogens is 342 g/mol. The van der Waals surface area contributed by atoms with Gasteiger partial charge in [0.2, 0.25) is 0 Å². The molecule has 1 N–H and O–H groups in total. The van der Waals surface area contributed by atoms with Crippen LogP contribution < -0.4 is 0 Å². The van der Waals surface area contributed by atoms with E-state index in [0.29, 0.717) is 44.2 Å². The Kier molecular flexibility index (Phi) is 6.20. The molecule has 1 fully saturated rings. The van der Waals surface area contributed by atoms with Crippen molar-refractivity contribution in [1.29, 1.82) is 5.26 Å². The van der Waals surface area contributed by atoms with Gasteiger partial charge in [0.05, 0.1) is 11.8 Å². The lowest BCUT2D eigenvalue weighted by Gasteiger charge is -2.43. The van der Waals surface area contributed by atoms with Crippen LogP contribution in [0.2, 0.25) is 5.15 Å². The van der Waals surface area contributed by atoms with Crippen molar-refractivity contribution in [1.82, 2.24) is 19.8 Å². The summed E-state index contributed by atoms with van der Waals surface area (Å²) in [4.78, 5) is 23.3. The molecule has 8 heteroatoms. The molecule has 0 saturated carbocycles. The van der Waals surface area contributed by atoms with Gasteiger partial charge in [-0.05, 0) is 19.8 Å². The van der Waals surface area contributed by atoms with E-state index in [1.165, 1.54) is 11.2 Å². The standard InChI is InChI=1S/C17H24ClN5O2/c1-12(4-5-19)14-13(20-11-21-15(14)18)10-17(2,3)23-8-6-22(7-9-23)16(24)25/h11-12H,4,6-10H2,1-3H3,(H,24,25). The van der Waals surface area contributed by atoms with Gasteiger partial charge in [-0.1, -0.05) is 18.5 Å². The normalized spacial score (nSPS) is 17.2. The van der Waals surface area contributed by atoms with Gasteiger partial charge < -0.3 is 10.0 Å². The summed E-state index contributed by atoms with van der Waals surface area (Å²) < 4.78 is 0. The van der Waals surface area contributed by atoms with Gasteiger partial charge in [0.1, 0.15) is 11.5 Å². The molecule has 1 amide bonds. The maximum absolute atomic E-state index is 11.1. The van der Waals surface area contributed by atoms with Gasteiger partial charge in [-0.25, -0.2) is 14.8 Å². The molecular formula is C17H24ClN5O2. The van der Waals surface area contributed by atoms with Crippen LogP contribution in [0.1, 0.15) is 44.4 Å². The van der Waals surface area contributed by atoms with E-state index in [4.69, 9.17) is 22.0 Å². The smallest absolute Gasteiger partial charge is 0.407 e. The van der Waals surface area contributed by atoms with Gasteiger partial charge >= 0.3 is 6.09 Å². The van der Waals surface area contributed by atoms with E-state index in [-0.39, 0.29) is 11.5 Å². The first-order valence-corrected chi connectivity index (χ1v) is 8.73. The Balaban J connectivity index is 2.17. The Bertz CT molecular complexity index is 665. The van der Waals surface area contributed by atoms with Gasteiger partial charge in [0.25, 0.3) is 0 Å². The van der Waals surface area contributed by atoms with Crippen molar-refractivity contribution in [2.24, 2.45) is 0 Å². The third-order valence-corrected chi connectivity index (χ3v) is 5.12. The van der Waals surface area contributed by atoms with Gasteiger partial charge in [-0.15, -0.1) is 0 Å². The molecule has 0 aromatic carbocycles. The molecule has 1 atom stereocenters. The Morgan fingerprint density at radius 3 is 2.60 bits per heavy atom. The second kappa shape index (κ2) is 7.98. The summed E-state index contributed by atoms with van der Waals surface area (Å²) in [6, 6.07) is 2.18. The van der Waals surface area contributed by atoms with E-state index in [9.17, 15) is 4.79 Å². The van der Waals surface area contributed by atoms with E-state index < -0.39 is 6.09 Å². The first-order valence-electron chi connectivity index (χ1n) is 8.35. The number of rotatable bonds is 5. The van der Waals surface area contributed by atoms with Crippen molar-refractivity contribution in [2.45, 2.75) is 45.1 Å². The SMILES string of the molecule is CC(CC#N)c1c(Cl)ncnc1CC(C)(C)N1CCN(C(=O)O)CC1. The molecule has 2 heterocycles. The highest BCUT2D eigenvalue weighted by Gasteiger charge is 2.33. The van der Waals surface area contributed by atoms with Crippen molar-refractivity contribution >= 4 is 17.7 Å². The third-order valence-electron chi connectivity index (χ3n) is 4.81. The van der Waals surface area contributed by atoms with Crippen LogP contribution in [0.5, 0.6) is 0 Å². The summed E-state index contributed by atoms with van der Waals surface area (Å²) in [6.45, 7) is 8.57. The van der Waals surface area contributed by atoms with Crippen LogP contribution in [0.4, 0.5) is 4.79 Å². The molecule has 1 aromatic heterocycles. The van der Waals surface area contributed by atoms with E-state index in [1.807, 2.05) is 6.92 Å². The largest absolute Gasteiger partial charge is 0.465 e. The van der Waals surface area contributed by atoms with Crippen LogP contribution >= 0.6 is 11.6 Å². The summed E-state index contributed by atoms with van der Waals surface area (Å²) in [5, 5.41) is 18.5.